The van der Waals surface area contributed by atoms with E-state index in [1.807, 2.05) is 4.90 Å². The Bertz CT molecular complexity index is 264. The molecule has 1 rings (SSSR count). The first kappa shape index (κ1) is 16.4. The number of amides is 1. The number of rotatable bonds is 7. The first-order valence-electron chi connectivity index (χ1n) is 7.84. The molecule has 2 unspecified atom stereocenters. The maximum absolute atomic E-state index is 12.4. The van der Waals surface area contributed by atoms with Gasteiger partial charge in [-0.2, -0.15) is 0 Å². The molecule has 1 saturated heterocycles. The van der Waals surface area contributed by atoms with Crippen LogP contribution in [0.5, 0.6) is 0 Å². The van der Waals surface area contributed by atoms with Crippen molar-refractivity contribution in [3.8, 4) is 0 Å². The molecule has 0 aromatic heterocycles. The lowest BCUT2D eigenvalue weighted by molar-refractivity contribution is -0.133. The van der Waals surface area contributed by atoms with Gasteiger partial charge in [-0.25, -0.2) is 0 Å². The van der Waals surface area contributed by atoms with Gasteiger partial charge in [0.05, 0.1) is 6.54 Å². The maximum atomic E-state index is 12.4. The lowest BCUT2D eigenvalue weighted by atomic mass is 9.93. The van der Waals surface area contributed by atoms with E-state index < -0.39 is 0 Å². The molecule has 19 heavy (non-hydrogen) atoms. The van der Waals surface area contributed by atoms with Crippen LogP contribution in [0.25, 0.3) is 0 Å². The molecule has 4 nitrogen and oxygen atoms in total. The summed E-state index contributed by atoms with van der Waals surface area (Å²) >= 11 is 0. The molecule has 1 heterocycles. The Morgan fingerprint density at radius 1 is 1.26 bits per heavy atom. The highest BCUT2D eigenvalue weighted by molar-refractivity contribution is 5.78. The molecule has 0 aromatic carbocycles. The zero-order valence-corrected chi connectivity index (χ0v) is 12.9. The summed E-state index contributed by atoms with van der Waals surface area (Å²) in [7, 11) is 0. The average molecular weight is 269 g/mol. The fourth-order valence-corrected chi connectivity index (χ4v) is 2.85. The maximum Gasteiger partial charge on any atom is 0.236 e. The van der Waals surface area contributed by atoms with Gasteiger partial charge in [-0.1, -0.05) is 13.8 Å². The van der Waals surface area contributed by atoms with Crippen molar-refractivity contribution in [3.63, 3.8) is 0 Å². The molecule has 1 amide bonds. The van der Waals surface area contributed by atoms with E-state index in [-0.39, 0.29) is 5.91 Å². The van der Waals surface area contributed by atoms with Crippen LogP contribution in [-0.2, 0) is 4.79 Å². The first-order chi connectivity index (χ1) is 9.12. The van der Waals surface area contributed by atoms with Crippen LogP contribution in [0.4, 0.5) is 0 Å². The highest BCUT2D eigenvalue weighted by atomic mass is 16.2. The van der Waals surface area contributed by atoms with Crippen molar-refractivity contribution in [2.45, 2.75) is 52.5 Å². The van der Waals surface area contributed by atoms with E-state index in [1.165, 1.54) is 6.42 Å². The van der Waals surface area contributed by atoms with Crippen LogP contribution in [0.2, 0.25) is 0 Å². The SMILES string of the molecule is CCCN(CCC)C(=O)CN1CC(CN)CCC1C. The van der Waals surface area contributed by atoms with E-state index in [0.29, 0.717) is 18.5 Å². The molecule has 1 fully saturated rings. The number of nitrogens with zero attached hydrogens (tertiary/aromatic N) is 2. The third-order valence-electron chi connectivity index (χ3n) is 4.12. The highest BCUT2D eigenvalue weighted by Crippen LogP contribution is 2.21. The first-order valence-corrected chi connectivity index (χ1v) is 7.84. The molecule has 0 aromatic rings. The standard InChI is InChI=1S/C15H31N3O/c1-4-8-17(9-5-2)15(19)12-18-11-14(10-16)7-6-13(18)3/h13-14H,4-12,16H2,1-3H3. The highest BCUT2D eigenvalue weighted by Gasteiger charge is 2.27. The molecule has 0 radical (unpaired) electrons. The Morgan fingerprint density at radius 3 is 2.42 bits per heavy atom. The summed E-state index contributed by atoms with van der Waals surface area (Å²) < 4.78 is 0. The molecule has 0 spiro atoms. The molecule has 2 N–H and O–H groups in total. The summed E-state index contributed by atoms with van der Waals surface area (Å²) in [6.07, 6.45) is 4.44. The normalized spacial score (nSPS) is 24.4. The number of carbonyl (C=O) groups excluding carboxylic acids is 1. The molecule has 0 bridgehead atoms. The van der Waals surface area contributed by atoms with Gasteiger partial charge in [0.15, 0.2) is 0 Å². The summed E-state index contributed by atoms with van der Waals surface area (Å²) in [5.41, 5.74) is 5.77. The smallest absolute Gasteiger partial charge is 0.236 e. The van der Waals surface area contributed by atoms with E-state index in [0.717, 1.165) is 45.4 Å². The average Bonchev–Trinajstić information content (AvgIpc) is 2.41. The molecule has 0 saturated carbocycles. The molecule has 112 valence electrons. The van der Waals surface area contributed by atoms with Crippen molar-refractivity contribution >= 4 is 5.91 Å². The minimum absolute atomic E-state index is 0.285. The molecule has 0 aliphatic carbocycles. The lowest BCUT2D eigenvalue weighted by Gasteiger charge is -2.38. The summed E-state index contributed by atoms with van der Waals surface area (Å²) in [4.78, 5) is 16.7. The number of nitrogens with two attached hydrogens (primary N) is 1. The Kier molecular flexibility index (Phi) is 7.39. The third kappa shape index (κ3) is 5.11. The summed E-state index contributed by atoms with van der Waals surface area (Å²) in [5.74, 6) is 0.850. The summed E-state index contributed by atoms with van der Waals surface area (Å²) in [6, 6.07) is 0.511. The monoisotopic (exact) mass is 269 g/mol. The van der Waals surface area contributed by atoms with Crippen LogP contribution in [-0.4, -0.2) is 54.5 Å². The Balaban J connectivity index is 2.52. The number of likely N-dealkylation sites (tertiary alicyclic amines) is 1. The van der Waals surface area contributed by atoms with Crippen LogP contribution >= 0.6 is 0 Å². The molecular formula is C15H31N3O. The van der Waals surface area contributed by atoms with E-state index in [2.05, 4.69) is 25.7 Å². The van der Waals surface area contributed by atoms with Crippen molar-refractivity contribution in [3.05, 3.63) is 0 Å². The van der Waals surface area contributed by atoms with Gasteiger partial charge < -0.3 is 10.6 Å². The van der Waals surface area contributed by atoms with Gasteiger partial charge in [0.2, 0.25) is 5.91 Å². The number of piperidine rings is 1. The van der Waals surface area contributed by atoms with Crippen LogP contribution in [0.15, 0.2) is 0 Å². The zero-order valence-electron chi connectivity index (χ0n) is 12.9. The molecular weight excluding hydrogens is 238 g/mol. The van der Waals surface area contributed by atoms with Crippen molar-refractivity contribution in [1.82, 2.24) is 9.80 Å². The lowest BCUT2D eigenvalue weighted by Crippen LogP contribution is -2.49. The zero-order chi connectivity index (χ0) is 14.3. The number of hydrogen-bond acceptors (Lipinski definition) is 3. The second-order valence-electron chi connectivity index (χ2n) is 5.84. The van der Waals surface area contributed by atoms with Crippen LogP contribution in [0.1, 0.15) is 46.5 Å². The van der Waals surface area contributed by atoms with Gasteiger partial charge in [-0.05, 0) is 45.1 Å². The van der Waals surface area contributed by atoms with Gasteiger partial charge in [0.1, 0.15) is 0 Å². The summed E-state index contributed by atoms with van der Waals surface area (Å²) in [6.45, 7) is 10.5. The number of carbonyl (C=O) groups is 1. The minimum atomic E-state index is 0.285. The van der Waals surface area contributed by atoms with Gasteiger partial charge in [0.25, 0.3) is 0 Å². The van der Waals surface area contributed by atoms with E-state index in [4.69, 9.17) is 5.73 Å². The predicted octanol–water partition coefficient (Wildman–Crippen LogP) is 1.69. The van der Waals surface area contributed by atoms with Gasteiger partial charge in [0, 0.05) is 25.7 Å². The van der Waals surface area contributed by atoms with E-state index >= 15 is 0 Å². The Hall–Kier alpha value is -0.610. The topological polar surface area (TPSA) is 49.6 Å². The van der Waals surface area contributed by atoms with Gasteiger partial charge in [-0.3, -0.25) is 9.69 Å². The quantitative estimate of drug-likeness (QED) is 0.765. The second-order valence-corrected chi connectivity index (χ2v) is 5.84. The summed E-state index contributed by atoms with van der Waals surface area (Å²) in [5, 5.41) is 0. The molecule has 1 aliphatic rings. The van der Waals surface area contributed by atoms with Crippen molar-refractivity contribution in [1.29, 1.82) is 0 Å². The predicted molar refractivity (Wildman–Crippen MR) is 80.0 cm³/mol. The largest absolute Gasteiger partial charge is 0.342 e. The van der Waals surface area contributed by atoms with Crippen molar-refractivity contribution in [2.75, 3.05) is 32.7 Å². The van der Waals surface area contributed by atoms with Crippen molar-refractivity contribution < 1.29 is 4.79 Å². The minimum Gasteiger partial charge on any atom is -0.342 e. The van der Waals surface area contributed by atoms with Crippen molar-refractivity contribution in [2.24, 2.45) is 11.7 Å². The Morgan fingerprint density at radius 2 is 1.89 bits per heavy atom. The van der Waals surface area contributed by atoms with Crippen LogP contribution in [0.3, 0.4) is 0 Å². The van der Waals surface area contributed by atoms with Gasteiger partial charge >= 0.3 is 0 Å². The Labute approximate surface area is 118 Å². The molecule has 2 atom stereocenters. The molecule has 1 aliphatic heterocycles. The third-order valence-corrected chi connectivity index (χ3v) is 4.12. The number of hydrogen-bond donors (Lipinski definition) is 1. The van der Waals surface area contributed by atoms with E-state index in [1.54, 1.807) is 0 Å². The second kappa shape index (κ2) is 8.54. The molecule has 4 heteroatoms. The van der Waals surface area contributed by atoms with Crippen LogP contribution < -0.4 is 5.73 Å². The van der Waals surface area contributed by atoms with Gasteiger partial charge in [-0.15, -0.1) is 0 Å². The fraction of sp³-hybridized carbons (Fsp3) is 0.933. The van der Waals surface area contributed by atoms with Crippen LogP contribution in [0, 0.1) is 5.92 Å². The van der Waals surface area contributed by atoms with E-state index in [9.17, 15) is 4.79 Å². The fourth-order valence-electron chi connectivity index (χ4n) is 2.85.